The van der Waals surface area contributed by atoms with E-state index in [0.29, 0.717) is 0 Å². The maximum atomic E-state index is 13.4. The number of nitro groups is 1. The average Bonchev–Trinajstić information content (AvgIpc) is 3.15. The van der Waals surface area contributed by atoms with Crippen molar-refractivity contribution < 1.29 is 19.2 Å². The molecule has 1 aliphatic rings. The van der Waals surface area contributed by atoms with Gasteiger partial charge in [-0.15, -0.1) is 0 Å². The lowest BCUT2D eigenvalue weighted by Gasteiger charge is -2.18. The number of carbonyl (C=O) groups is 1. The van der Waals surface area contributed by atoms with Gasteiger partial charge in [-0.25, -0.2) is 4.39 Å². The predicted molar refractivity (Wildman–Crippen MR) is 70.2 cm³/mol. The van der Waals surface area contributed by atoms with Crippen LogP contribution in [0.2, 0.25) is 0 Å². The standard InChI is InChI=1S/C13H15FN2O4/c1-7-4-11(12(16(19)20)5-9(7)14)15-10(6-13(17)18)8-2-3-8/h4-5,8,10,15H,2-3,6H2,1H3,(H,17,18). The van der Waals surface area contributed by atoms with Crippen LogP contribution in [0.4, 0.5) is 15.8 Å². The Bertz CT molecular complexity index is 558. The van der Waals surface area contributed by atoms with Gasteiger partial charge in [-0.2, -0.15) is 0 Å². The molecule has 0 bridgehead atoms. The van der Waals surface area contributed by atoms with E-state index in [4.69, 9.17) is 5.11 Å². The van der Waals surface area contributed by atoms with E-state index in [1.165, 1.54) is 13.0 Å². The van der Waals surface area contributed by atoms with Crippen LogP contribution in [0.3, 0.4) is 0 Å². The number of aryl methyl sites for hydroxylation is 1. The first-order chi connectivity index (χ1) is 9.38. The summed E-state index contributed by atoms with van der Waals surface area (Å²) in [6.07, 6.45) is 1.69. The van der Waals surface area contributed by atoms with Gasteiger partial charge in [0.1, 0.15) is 11.5 Å². The lowest BCUT2D eigenvalue weighted by atomic mass is 10.1. The Kier molecular flexibility index (Phi) is 3.87. The topological polar surface area (TPSA) is 92.5 Å². The molecule has 0 amide bonds. The second kappa shape index (κ2) is 5.44. The van der Waals surface area contributed by atoms with Crippen molar-refractivity contribution in [2.75, 3.05) is 5.32 Å². The van der Waals surface area contributed by atoms with Gasteiger partial charge in [-0.3, -0.25) is 14.9 Å². The second-order valence-electron chi connectivity index (χ2n) is 5.06. The Morgan fingerprint density at radius 1 is 1.60 bits per heavy atom. The van der Waals surface area contributed by atoms with Crippen molar-refractivity contribution >= 4 is 17.3 Å². The molecule has 108 valence electrons. The third kappa shape index (κ3) is 3.23. The Hall–Kier alpha value is -2.18. The molecule has 1 unspecified atom stereocenters. The molecule has 7 heteroatoms. The molecule has 20 heavy (non-hydrogen) atoms. The van der Waals surface area contributed by atoms with Gasteiger partial charge < -0.3 is 10.4 Å². The highest BCUT2D eigenvalue weighted by Crippen LogP contribution is 2.37. The summed E-state index contributed by atoms with van der Waals surface area (Å²) in [6, 6.07) is 1.85. The third-order valence-corrected chi connectivity index (χ3v) is 3.40. The fourth-order valence-corrected chi connectivity index (χ4v) is 2.16. The smallest absolute Gasteiger partial charge is 0.305 e. The molecule has 2 rings (SSSR count). The maximum Gasteiger partial charge on any atom is 0.305 e. The van der Waals surface area contributed by atoms with Gasteiger partial charge in [0.15, 0.2) is 0 Å². The Morgan fingerprint density at radius 3 is 2.75 bits per heavy atom. The number of halogens is 1. The number of aliphatic carboxylic acids is 1. The van der Waals surface area contributed by atoms with Gasteiger partial charge in [0.2, 0.25) is 0 Å². The average molecular weight is 282 g/mol. The molecule has 0 radical (unpaired) electrons. The van der Waals surface area contributed by atoms with E-state index < -0.39 is 16.7 Å². The van der Waals surface area contributed by atoms with Crippen LogP contribution in [-0.2, 0) is 4.79 Å². The molecule has 2 N–H and O–H groups in total. The van der Waals surface area contributed by atoms with Gasteiger partial charge in [-0.1, -0.05) is 0 Å². The Balaban J connectivity index is 2.28. The van der Waals surface area contributed by atoms with E-state index in [0.717, 1.165) is 18.9 Å². The molecule has 0 saturated heterocycles. The van der Waals surface area contributed by atoms with Crippen molar-refractivity contribution in [2.45, 2.75) is 32.2 Å². The summed E-state index contributed by atoms with van der Waals surface area (Å²) in [7, 11) is 0. The molecular formula is C13H15FN2O4. The number of carboxylic acid groups (broad SMARTS) is 1. The van der Waals surface area contributed by atoms with E-state index >= 15 is 0 Å². The van der Waals surface area contributed by atoms with Crippen LogP contribution < -0.4 is 5.32 Å². The number of carboxylic acids is 1. The Morgan fingerprint density at radius 2 is 2.25 bits per heavy atom. The summed E-state index contributed by atoms with van der Waals surface area (Å²) in [6.45, 7) is 1.51. The zero-order valence-electron chi connectivity index (χ0n) is 10.9. The largest absolute Gasteiger partial charge is 0.481 e. The molecule has 1 atom stereocenters. The van der Waals surface area contributed by atoms with E-state index in [1.807, 2.05) is 0 Å². The zero-order valence-corrected chi connectivity index (χ0v) is 10.9. The number of hydrogen-bond acceptors (Lipinski definition) is 4. The normalized spacial score (nSPS) is 15.7. The molecule has 0 aliphatic heterocycles. The first kappa shape index (κ1) is 14.2. The number of nitro benzene ring substituents is 1. The SMILES string of the molecule is Cc1cc(NC(CC(=O)O)C2CC2)c([N+](=O)[O-])cc1F. The van der Waals surface area contributed by atoms with Crippen molar-refractivity contribution in [2.24, 2.45) is 5.92 Å². The minimum absolute atomic E-state index is 0.113. The van der Waals surface area contributed by atoms with Gasteiger partial charge >= 0.3 is 5.97 Å². The van der Waals surface area contributed by atoms with Crippen LogP contribution in [-0.4, -0.2) is 22.0 Å². The molecule has 1 aromatic carbocycles. The van der Waals surface area contributed by atoms with Crippen molar-refractivity contribution in [3.8, 4) is 0 Å². The first-order valence-corrected chi connectivity index (χ1v) is 6.31. The lowest BCUT2D eigenvalue weighted by Crippen LogP contribution is -2.25. The predicted octanol–water partition coefficient (Wildman–Crippen LogP) is 2.71. The summed E-state index contributed by atoms with van der Waals surface area (Å²) >= 11 is 0. The number of hydrogen-bond donors (Lipinski definition) is 2. The molecular weight excluding hydrogens is 267 g/mol. The number of rotatable bonds is 6. The molecule has 1 saturated carbocycles. The molecule has 6 nitrogen and oxygen atoms in total. The van der Waals surface area contributed by atoms with Crippen molar-refractivity contribution in [3.63, 3.8) is 0 Å². The van der Waals surface area contributed by atoms with E-state index in [-0.39, 0.29) is 35.3 Å². The summed E-state index contributed by atoms with van der Waals surface area (Å²) < 4.78 is 13.4. The van der Waals surface area contributed by atoms with E-state index in [1.54, 1.807) is 0 Å². The minimum Gasteiger partial charge on any atom is -0.481 e. The van der Waals surface area contributed by atoms with Crippen LogP contribution in [0.5, 0.6) is 0 Å². The van der Waals surface area contributed by atoms with E-state index in [2.05, 4.69) is 5.32 Å². The van der Waals surface area contributed by atoms with Gasteiger partial charge in [-0.05, 0) is 37.3 Å². The van der Waals surface area contributed by atoms with Crippen LogP contribution in [0, 0.1) is 28.8 Å². The monoisotopic (exact) mass is 282 g/mol. The highest BCUT2D eigenvalue weighted by atomic mass is 19.1. The number of benzene rings is 1. The minimum atomic E-state index is -0.962. The third-order valence-electron chi connectivity index (χ3n) is 3.40. The fourth-order valence-electron chi connectivity index (χ4n) is 2.16. The molecule has 0 aromatic heterocycles. The number of anilines is 1. The van der Waals surface area contributed by atoms with Crippen LogP contribution >= 0.6 is 0 Å². The summed E-state index contributed by atoms with van der Waals surface area (Å²) in [4.78, 5) is 21.1. The quantitative estimate of drug-likeness (QED) is 0.618. The van der Waals surface area contributed by atoms with Gasteiger partial charge in [0.05, 0.1) is 17.4 Å². The summed E-state index contributed by atoms with van der Waals surface area (Å²) in [5, 5.41) is 22.7. The zero-order chi connectivity index (χ0) is 14.9. The van der Waals surface area contributed by atoms with E-state index in [9.17, 15) is 19.3 Å². The fraction of sp³-hybridized carbons (Fsp3) is 0.462. The number of nitrogens with one attached hydrogen (secondary N) is 1. The lowest BCUT2D eigenvalue weighted by molar-refractivity contribution is -0.384. The summed E-state index contributed by atoms with van der Waals surface area (Å²) in [5.74, 6) is -1.41. The number of nitrogens with zero attached hydrogens (tertiary/aromatic N) is 1. The Labute approximate surface area is 114 Å². The second-order valence-corrected chi connectivity index (χ2v) is 5.06. The van der Waals surface area contributed by atoms with Gasteiger partial charge in [0.25, 0.3) is 5.69 Å². The van der Waals surface area contributed by atoms with Crippen molar-refractivity contribution in [3.05, 3.63) is 33.6 Å². The van der Waals surface area contributed by atoms with Crippen LogP contribution in [0.1, 0.15) is 24.8 Å². The molecule has 0 heterocycles. The molecule has 0 spiro atoms. The maximum absolute atomic E-state index is 13.4. The highest BCUT2D eigenvalue weighted by Gasteiger charge is 2.34. The van der Waals surface area contributed by atoms with Crippen LogP contribution in [0.15, 0.2) is 12.1 Å². The van der Waals surface area contributed by atoms with Crippen molar-refractivity contribution in [1.29, 1.82) is 0 Å². The van der Waals surface area contributed by atoms with Crippen molar-refractivity contribution in [1.82, 2.24) is 0 Å². The summed E-state index contributed by atoms with van der Waals surface area (Å²) in [5.41, 5.74) is 0.0826. The molecule has 1 fully saturated rings. The molecule has 1 aliphatic carbocycles. The van der Waals surface area contributed by atoms with Gasteiger partial charge in [0, 0.05) is 6.04 Å². The first-order valence-electron chi connectivity index (χ1n) is 6.31. The highest BCUT2D eigenvalue weighted by molar-refractivity contribution is 5.70. The molecule has 1 aromatic rings. The van der Waals surface area contributed by atoms with Crippen LogP contribution in [0.25, 0.3) is 0 Å².